The molecule has 0 unspecified atom stereocenters. The molecule has 0 bridgehead atoms. The summed E-state index contributed by atoms with van der Waals surface area (Å²) in [5.74, 6) is -2.52. The van der Waals surface area contributed by atoms with E-state index in [0.717, 1.165) is 11.3 Å². The van der Waals surface area contributed by atoms with E-state index in [9.17, 15) is 26.4 Å². The van der Waals surface area contributed by atoms with Crippen LogP contribution in [-0.4, -0.2) is 25.0 Å². The summed E-state index contributed by atoms with van der Waals surface area (Å²) in [6.07, 6.45) is 0.245. The number of thiophene rings is 1. The minimum Gasteiger partial charge on any atom is -0.478 e. The van der Waals surface area contributed by atoms with E-state index in [4.69, 9.17) is 5.11 Å². The van der Waals surface area contributed by atoms with Crippen molar-refractivity contribution in [2.45, 2.75) is 5.51 Å². The summed E-state index contributed by atoms with van der Waals surface area (Å²) < 4.78 is 61.6. The molecule has 1 N–H and O–H groups in total. The van der Waals surface area contributed by atoms with Gasteiger partial charge in [-0.2, -0.15) is 21.6 Å². The Morgan fingerprint density at radius 2 is 2.06 bits per heavy atom. The second-order valence-corrected chi connectivity index (χ2v) is 5.29. The number of carboxylic acids is 1. The molecule has 0 saturated carbocycles. The standard InChI is InChI=1S/C8H5F3O5S2/c9-8(10,11)18(14,15)16-5(4-7(12)13)6-2-1-3-17-6/h1-4H,(H,12,13). The summed E-state index contributed by atoms with van der Waals surface area (Å²) >= 11 is 0.836. The molecular formula is C8H5F3O5S2. The molecular weight excluding hydrogens is 297 g/mol. The first kappa shape index (κ1) is 14.5. The van der Waals surface area contributed by atoms with Crippen LogP contribution in [0.5, 0.6) is 0 Å². The average molecular weight is 302 g/mol. The third-order valence-electron chi connectivity index (χ3n) is 1.50. The fourth-order valence-corrected chi connectivity index (χ4v) is 2.03. The number of hydrogen-bond acceptors (Lipinski definition) is 5. The van der Waals surface area contributed by atoms with Gasteiger partial charge in [0.05, 0.1) is 11.0 Å². The summed E-state index contributed by atoms with van der Waals surface area (Å²) in [5, 5.41) is 9.88. The van der Waals surface area contributed by atoms with Crippen molar-refractivity contribution in [3.8, 4) is 0 Å². The third kappa shape index (κ3) is 3.47. The van der Waals surface area contributed by atoms with Gasteiger partial charge in [-0.3, -0.25) is 0 Å². The lowest BCUT2D eigenvalue weighted by atomic mass is 10.4. The molecule has 100 valence electrons. The number of halogens is 3. The van der Waals surface area contributed by atoms with Crippen LogP contribution in [-0.2, 0) is 19.1 Å². The molecule has 1 rings (SSSR count). The second-order valence-electron chi connectivity index (χ2n) is 2.81. The smallest absolute Gasteiger partial charge is 0.478 e. The van der Waals surface area contributed by atoms with Crippen LogP contribution in [0.1, 0.15) is 4.88 Å². The molecule has 0 amide bonds. The maximum Gasteiger partial charge on any atom is 0.534 e. The van der Waals surface area contributed by atoms with Crippen molar-refractivity contribution in [1.29, 1.82) is 0 Å². The molecule has 5 nitrogen and oxygen atoms in total. The van der Waals surface area contributed by atoms with Crippen molar-refractivity contribution in [2.24, 2.45) is 0 Å². The molecule has 0 fully saturated rings. The van der Waals surface area contributed by atoms with Gasteiger partial charge < -0.3 is 9.29 Å². The third-order valence-corrected chi connectivity index (χ3v) is 3.35. The number of hydrogen-bond donors (Lipinski definition) is 1. The Morgan fingerprint density at radius 3 is 2.44 bits per heavy atom. The number of carboxylic acid groups (broad SMARTS) is 1. The maximum atomic E-state index is 12.1. The SMILES string of the molecule is O=C(O)C=C(OS(=O)(=O)C(F)(F)F)c1cccs1. The number of carbonyl (C=O) groups is 1. The highest BCUT2D eigenvalue weighted by molar-refractivity contribution is 7.87. The first-order valence-corrected chi connectivity index (χ1v) is 6.41. The summed E-state index contributed by atoms with van der Waals surface area (Å²) in [5.41, 5.74) is -5.62. The van der Waals surface area contributed by atoms with Gasteiger partial charge in [0.2, 0.25) is 0 Å². The van der Waals surface area contributed by atoms with Gasteiger partial charge in [-0.05, 0) is 11.4 Å². The van der Waals surface area contributed by atoms with Gasteiger partial charge in [0.1, 0.15) is 0 Å². The Balaban J connectivity index is 3.14. The predicted octanol–water partition coefficient (Wildman–Crippen LogP) is 2.04. The lowest BCUT2D eigenvalue weighted by Crippen LogP contribution is -2.25. The van der Waals surface area contributed by atoms with E-state index in [-0.39, 0.29) is 11.0 Å². The summed E-state index contributed by atoms with van der Waals surface area (Å²) in [4.78, 5) is 10.4. The normalized spacial score (nSPS) is 13.4. The number of aliphatic carboxylic acids is 1. The molecule has 0 atom stereocenters. The van der Waals surface area contributed by atoms with Crippen LogP contribution in [0.15, 0.2) is 23.6 Å². The van der Waals surface area contributed by atoms with Crippen molar-refractivity contribution < 1.29 is 35.7 Å². The van der Waals surface area contributed by atoms with E-state index in [0.29, 0.717) is 0 Å². The monoisotopic (exact) mass is 302 g/mol. The lowest BCUT2D eigenvalue weighted by molar-refractivity contribution is -0.131. The Morgan fingerprint density at radius 1 is 1.44 bits per heavy atom. The minimum absolute atomic E-state index is 0.0507. The van der Waals surface area contributed by atoms with Gasteiger partial charge in [-0.1, -0.05) is 6.07 Å². The van der Waals surface area contributed by atoms with Gasteiger partial charge in [-0.25, -0.2) is 4.79 Å². The van der Waals surface area contributed by atoms with E-state index < -0.39 is 27.4 Å². The van der Waals surface area contributed by atoms with Crippen LogP contribution in [0.3, 0.4) is 0 Å². The van der Waals surface area contributed by atoms with Crippen LogP contribution in [0.25, 0.3) is 5.76 Å². The largest absolute Gasteiger partial charge is 0.534 e. The van der Waals surface area contributed by atoms with E-state index >= 15 is 0 Å². The highest BCUT2D eigenvalue weighted by atomic mass is 32.2. The Hall–Kier alpha value is -1.55. The molecule has 0 spiro atoms. The van der Waals surface area contributed by atoms with E-state index in [1.54, 1.807) is 0 Å². The van der Waals surface area contributed by atoms with Crippen molar-refractivity contribution in [1.82, 2.24) is 0 Å². The van der Waals surface area contributed by atoms with Crippen LogP contribution >= 0.6 is 11.3 Å². The molecule has 0 aromatic carbocycles. The molecule has 1 heterocycles. The van der Waals surface area contributed by atoms with Crippen LogP contribution in [0, 0.1) is 0 Å². The highest BCUT2D eigenvalue weighted by Gasteiger charge is 2.49. The molecule has 1 aromatic heterocycles. The molecule has 0 aliphatic carbocycles. The van der Waals surface area contributed by atoms with Gasteiger partial charge in [0, 0.05) is 0 Å². The highest BCUT2D eigenvalue weighted by Crippen LogP contribution is 2.31. The molecule has 0 aliphatic rings. The molecule has 18 heavy (non-hydrogen) atoms. The average Bonchev–Trinajstić information content (AvgIpc) is 2.65. The van der Waals surface area contributed by atoms with Crippen LogP contribution < -0.4 is 0 Å². The van der Waals surface area contributed by atoms with E-state index in [1.165, 1.54) is 17.5 Å². The zero-order valence-corrected chi connectivity index (χ0v) is 9.97. The van der Waals surface area contributed by atoms with Crippen molar-refractivity contribution in [2.75, 3.05) is 0 Å². The Labute approximate surface area is 103 Å². The lowest BCUT2D eigenvalue weighted by Gasteiger charge is -2.10. The Bertz CT molecular complexity index is 556. The molecule has 0 saturated heterocycles. The first-order valence-electron chi connectivity index (χ1n) is 4.13. The fourth-order valence-electron chi connectivity index (χ4n) is 0.833. The zero-order valence-electron chi connectivity index (χ0n) is 8.34. The quantitative estimate of drug-likeness (QED) is 0.398. The fraction of sp³-hybridized carbons (Fsp3) is 0.125. The first-order chi connectivity index (χ1) is 8.13. The van der Waals surface area contributed by atoms with Crippen LogP contribution in [0.4, 0.5) is 13.2 Å². The van der Waals surface area contributed by atoms with Crippen LogP contribution in [0.2, 0.25) is 0 Å². The van der Waals surface area contributed by atoms with E-state index in [1.807, 2.05) is 0 Å². The van der Waals surface area contributed by atoms with Gasteiger partial charge in [-0.15, -0.1) is 11.3 Å². The summed E-state index contributed by atoms with van der Waals surface area (Å²) in [6.45, 7) is 0. The molecule has 10 heteroatoms. The van der Waals surface area contributed by atoms with Crippen molar-refractivity contribution in [3.05, 3.63) is 28.5 Å². The Kier molecular flexibility index (Phi) is 4.02. The second kappa shape index (κ2) is 4.98. The number of alkyl halides is 3. The van der Waals surface area contributed by atoms with Gasteiger partial charge in [0.15, 0.2) is 5.76 Å². The van der Waals surface area contributed by atoms with Gasteiger partial charge >= 0.3 is 21.6 Å². The van der Waals surface area contributed by atoms with Gasteiger partial charge in [0.25, 0.3) is 0 Å². The zero-order chi connectivity index (χ0) is 14.0. The molecule has 1 aromatic rings. The maximum absolute atomic E-state index is 12.1. The van der Waals surface area contributed by atoms with Crippen molar-refractivity contribution in [3.63, 3.8) is 0 Å². The predicted molar refractivity (Wildman–Crippen MR) is 56.0 cm³/mol. The molecule has 0 aliphatic heterocycles. The summed E-state index contributed by atoms with van der Waals surface area (Å²) in [6, 6.07) is 2.63. The molecule has 0 radical (unpaired) electrons. The topological polar surface area (TPSA) is 80.7 Å². The number of rotatable bonds is 4. The minimum atomic E-state index is -5.89. The van der Waals surface area contributed by atoms with E-state index in [2.05, 4.69) is 4.18 Å². The summed E-state index contributed by atoms with van der Waals surface area (Å²) in [7, 11) is -5.89. The van der Waals surface area contributed by atoms with Crippen molar-refractivity contribution >= 4 is 33.2 Å².